The van der Waals surface area contributed by atoms with Crippen molar-refractivity contribution in [2.45, 2.75) is 45.2 Å². The third kappa shape index (κ3) is 9.18. The Morgan fingerprint density at radius 3 is 2.15 bits per heavy atom. The number of benzene rings is 2. The van der Waals surface area contributed by atoms with E-state index < -0.39 is 54.0 Å². The highest BCUT2D eigenvalue weighted by Gasteiger charge is 2.52. The van der Waals surface area contributed by atoms with Crippen molar-refractivity contribution in [3.8, 4) is 5.75 Å². The number of Topliss-reactive ketones (excluding diaryl/α,β-unsaturated/α-hetero) is 1. The predicted octanol–water partition coefficient (Wildman–Crippen LogP) is 5.35. The summed E-state index contributed by atoms with van der Waals surface area (Å²) >= 11 is 24.0. The Balaban J connectivity index is 2.35. The summed E-state index contributed by atoms with van der Waals surface area (Å²) in [5.74, 6) is -10.3. The number of ketones is 1. The molecule has 0 aromatic heterocycles. The number of ether oxygens (including phenoxy) is 1. The highest BCUT2D eigenvalue weighted by Crippen LogP contribution is 2.30. The second kappa shape index (κ2) is 14.5. The molecular weight excluding hydrogens is 598 g/mol. The molecule has 0 saturated carbocycles. The van der Waals surface area contributed by atoms with Gasteiger partial charge in [-0.15, -0.1) is 0 Å². The Kier molecular flexibility index (Phi) is 12.2. The van der Waals surface area contributed by atoms with E-state index in [9.17, 15) is 23.2 Å². The molecule has 2 rings (SSSR count). The molecule has 0 heterocycles. The zero-order chi connectivity index (χ0) is 29.5. The molecule has 39 heavy (non-hydrogen) atoms. The summed E-state index contributed by atoms with van der Waals surface area (Å²) in [6.07, 6.45) is 0.00994. The van der Waals surface area contributed by atoms with Crippen molar-refractivity contribution in [1.29, 1.82) is 0 Å². The van der Waals surface area contributed by atoms with E-state index in [1.165, 1.54) is 51.1 Å². The fourth-order valence-electron chi connectivity index (χ4n) is 3.98. The number of carbonyl (C=O) groups excluding carboxylic acids is 3. The predicted molar refractivity (Wildman–Crippen MR) is 149 cm³/mol. The molecule has 7 nitrogen and oxygen atoms in total. The van der Waals surface area contributed by atoms with Crippen molar-refractivity contribution in [2.75, 3.05) is 13.2 Å². The number of rotatable bonds is 13. The molecule has 4 N–H and O–H groups in total. The first-order valence-corrected chi connectivity index (χ1v) is 13.5. The largest absolute Gasteiger partial charge is 0.484 e. The van der Waals surface area contributed by atoms with Gasteiger partial charge in [0.15, 0.2) is 6.61 Å². The quantitative estimate of drug-likeness (QED) is 0.260. The molecule has 0 spiro atoms. The topological polar surface area (TPSA) is 111 Å². The molecule has 0 aliphatic rings. The summed E-state index contributed by atoms with van der Waals surface area (Å²) in [5.41, 5.74) is 6.98. The van der Waals surface area contributed by atoms with Crippen LogP contribution in [0.2, 0.25) is 20.1 Å². The molecule has 0 aliphatic carbocycles. The third-order valence-corrected chi connectivity index (χ3v) is 7.00. The highest BCUT2D eigenvalue weighted by atomic mass is 35.5. The van der Waals surface area contributed by atoms with Crippen LogP contribution in [0.1, 0.15) is 26.3 Å². The average Bonchev–Trinajstić information content (AvgIpc) is 2.84. The number of amides is 2. The minimum Gasteiger partial charge on any atom is -0.484 e. The monoisotopic (exact) mass is 625 g/mol. The van der Waals surface area contributed by atoms with E-state index in [1.54, 1.807) is 6.07 Å². The van der Waals surface area contributed by atoms with Crippen LogP contribution >= 0.6 is 46.4 Å². The van der Waals surface area contributed by atoms with E-state index in [4.69, 9.17) is 56.9 Å². The molecule has 214 valence electrons. The van der Waals surface area contributed by atoms with Crippen LogP contribution in [0.15, 0.2) is 36.4 Å². The average molecular weight is 627 g/mol. The molecule has 3 atom stereocenters. The van der Waals surface area contributed by atoms with E-state index in [2.05, 4.69) is 5.32 Å². The summed E-state index contributed by atoms with van der Waals surface area (Å²) in [7, 11) is 0. The van der Waals surface area contributed by atoms with Crippen LogP contribution in [0.3, 0.4) is 0 Å². The van der Waals surface area contributed by atoms with Gasteiger partial charge in [0.25, 0.3) is 11.8 Å². The number of carbonyl (C=O) groups is 3. The van der Waals surface area contributed by atoms with Crippen LogP contribution in [0.25, 0.3) is 0 Å². The lowest BCUT2D eigenvalue weighted by Gasteiger charge is -2.34. The molecule has 0 fully saturated rings. The zero-order valence-electron chi connectivity index (χ0n) is 21.4. The number of halogens is 6. The Hall–Kier alpha value is -2.17. The van der Waals surface area contributed by atoms with Crippen LogP contribution in [0, 0.1) is 11.8 Å². The summed E-state index contributed by atoms with van der Waals surface area (Å²) in [5, 5.41) is 5.74. The second-order valence-corrected chi connectivity index (χ2v) is 10.9. The van der Waals surface area contributed by atoms with Crippen molar-refractivity contribution >= 4 is 64.0 Å². The minimum absolute atomic E-state index is 0.00994. The van der Waals surface area contributed by atoms with E-state index in [0.29, 0.717) is 15.6 Å². The first-order valence-electron chi connectivity index (χ1n) is 12.0. The number of nitrogens with two attached hydrogens (primary N) is 1. The summed E-state index contributed by atoms with van der Waals surface area (Å²) in [6, 6.07) is 6.73. The zero-order valence-corrected chi connectivity index (χ0v) is 24.4. The molecule has 0 radical (unpaired) electrons. The lowest BCUT2D eigenvalue weighted by atomic mass is 9.78. The second-order valence-electron chi connectivity index (χ2n) is 9.17. The van der Waals surface area contributed by atoms with Gasteiger partial charge in [-0.05, 0) is 55.2 Å². The molecule has 2 amide bonds. The number of alkyl halides is 2. The Labute approximate surface area is 245 Å². The molecule has 0 saturated heterocycles. The normalized spacial score (nSPS) is 13.9. The van der Waals surface area contributed by atoms with Crippen molar-refractivity contribution in [3.05, 3.63) is 62.1 Å². The van der Waals surface area contributed by atoms with Gasteiger partial charge in [-0.3, -0.25) is 14.4 Å². The van der Waals surface area contributed by atoms with E-state index in [1.807, 2.05) is 5.32 Å². The van der Waals surface area contributed by atoms with Crippen LogP contribution in [0.4, 0.5) is 8.78 Å². The van der Waals surface area contributed by atoms with E-state index in [0.717, 1.165) is 0 Å². The first kappa shape index (κ1) is 33.0. The summed E-state index contributed by atoms with van der Waals surface area (Å²) in [4.78, 5) is 37.8. The molecule has 0 aliphatic heterocycles. The Bertz CT molecular complexity index is 1180. The molecule has 0 bridgehead atoms. The summed E-state index contributed by atoms with van der Waals surface area (Å²) in [6.45, 7) is 3.93. The molecule has 2 aromatic rings. The fraction of sp³-hybridized carbons (Fsp3) is 0.423. The van der Waals surface area contributed by atoms with Gasteiger partial charge in [-0.2, -0.15) is 8.78 Å². The minimum atomic E-state index is -4.32. The Morgan fingerprint density at radius 2 is 1.62 bits per heavy atom. The lowest BCUT2D eigenvalue weighted by Crippen LogP contribution is -2.59. The number of hydrogen-bond donors (Lipinski definition) is 3. The molecule has 1 unspecified atom stereocenters. The standard InChI is InChI=1S/C26H29Cl4F2N3O4/c1-4-34-25(38)26(31,32)24(37)22(13(2)3)23(33)20(8-14-5-6-18(29)19(30)7-14)35-21(36)12-39-17-10-15(27)9-16(28)11-17/h5-7,9-11,13,20,22-23H,4,8,12,33H2,1-3H3,(H,34,38)(H,35,36)/t20-,22-,23?/m0/s1. The fourth-order valence-corrected chi connectivity index (χ4v) is 4.80. The van der Waals surface area contributed by atoms with Crippen LogP contribution < -0.4 is 21.1 Å². The maximum Gasteiger partial charge on any atom is 0.381 e. The van der Waals surface area contributed by atoms with Gasteiger partial charge in [0.05, 0.1) is 10.0 Å². The van der Waals surface area contributed by atoms with Crippen molar-refractivity contribution in [1.82, 2.24) is 10.6 Å². The molecule has 13 heteroatoms. The van der Waals surface area contributed by atoms with E-state index >= 15 is 0 Å². The van der Waals surface area contributed by atoms with Gasteiger partial charge < -0.3 is 21.1 Å². The third-order valence-electron chi connectivity index (χ3n) is 5.82. The van der Waals surface area contributed by atoms with Gasteiger partial charge in [0.2, 0.25) is 5.78 Å². The Morgan fingerprint density at radius 1 is 1.00 bits per heavy atom. The lowest BCUT2D eigenvalue weighted by molar-refractivity contribution is -0.162. The highest BCUT2D eigenvalue weighted by molar-refractivity contribution is 6.42. The maximum absolute atomic E-state index is 14.8. The molecule has 2 aromatic carbocycles. The van der Waals surface area contributed by atoms with Gasteiger partial charge in [0.1, 0.15) is 5.75 Å². The van der Waals surface area contributed by atoms with Crippen LogP contribution in [-0.2, 0) is 20.8 Å². The van der Waals surface area contributed by atoms with E-state index in [-0.39, 0.29) is 28.8 Å². The maximum atomic E-state index is 14.8. The SMILES string of the molecule is CCNC(=O)C(F)(F)C(=O)[C@@H](C(C)C)C(N)[C@H](Cc1ccc(Cl)c(Cl)c1)NC(=O)COc1cc(Cl)cc(Cl)c1. The number of nitrogens with one attached hydrogen (secondary N) is 2. The van der Waals surface area contributed by atoms with Gasteiger partial charge >= 0.3 is 5.92 Å². The first-order chi connectivity index (χ1) is 18.2. The van der Waals surface area contributed by atoms with Crippen LogP contribution in [-0.4, -0.2) is 48.8 Å². The van der Waals surface area contributed by atoms with Crippen molar-refractivity contribution in [2.24, 2.45) is 17.6 Å². The van der Waals surface area contributed by atoms with Gasteiger partial charge in [-0.1, -0.05) is 66.3 Å². The summed E-state index contributed by atoms with van der Waals surface area (Å²) < 4.78 is 35.1. The van der Waals surface area contributed by atoms with Gasteiger partial charge in [-0.25, -0.2) is 0 Å². The van der Waals surface area contributed by atoms with Crippen molar-refractivity contribution in [3.63, 3.8) is 0 Å². The van der Waals surface area contributed by atoms with Crippen molar-refractivity contribution < 1.29 is 27.9 Å². The smallest absolute Gasteiger partial charge is 0.381 e. The van der Waals surface area contributed by atoms with Gasteiger partial charge in [0, 0.05) is 34.6 Å². The number of hydrogen-bond acceptors (Lipinski definition) is 5. The molecular formula is C26H29Cl4F2N3O4. The van der Waals surface area contributed by atoms with Crippen LogP contribution in [0.5, 0.6) is 5.75 Å².